The fourth-order valence-corrected chi connectivity index (χ4v) is 2.79. The minimum atomic E-state index is -0.941. The molecule has 0 atom stereocenters. The molecule has 2 aromatic carbocycles. The maximum atomic E-state index is 12.7. The molecule has 0 aliphatic heterocycles. The number of carbonyl (C=O) groups is 2. The van der Waals surface area contributed by atoms with Gasteiger partial charge in [0.15, 0.2) is 6.61 Å². The summed E-state index contributed by atoms with van der Waals surface area (Å²) >= 11 is 0. The summed E-state index contributed by atoms with van der Waals surface area (Å²) in [5, 5.41) is 21.4. The predicted octanol–water partition coefficient (Wildman–Crippen LogP) is 1.69. The van der Waals surface area contributed by atoms with Crippen molar-refractivity contribution >= 4 is 17.6 Å². The lowest BCUT2D eigenvalue weighted by molar-refractivity contribution is -0.119. The lowest BCUT2D eigenvalue weighted by Gasteiger charge is -2.07. The lowest BCUT2D eigenvalue weighted by Crippen LogP contribution is -2.25. The zero-order valence-electron chi connectivity index (χ0n) is 15.7. The number of phenolic OH excluding ortho intramolecular Hbond substituents is 2. The SMILES string of the molecule is Cc1c(NC(=O)COC(=O)c2ccc(O)cc2O)c(=O)n(-c2ccccc2)n1C. The highest BCUT2D eigenvalue weighted by Crippen LogP contribution is 2.23. The highest BCUT2D eigenvalue weighted by Gasteiger charge is 2.20. The van der Waals surface area contributed by atoms with Crippen LogP contribution in [0.1, 0.15) is 16.1 Å². The van der Waals surface area contributed by atoms with Crippen molar-refractivity contribution in [1.82, 2.24) is 9.36 Å². The minimum Gasteiger partial charge on any atom is -0.508 e. The molecule has 0 aliphatic rings. The third-order valence-corrected chi connectivity index (χ3v) is 4.35. The molecule has 1 aromatic heterocycles. The summed E-state index contributed by atoms with van der Waals surface area (Å²) < 4.78 is 7.89. The second-order valence-electron chi connectivity index (χ2n) is 6.26. The number of aromatic hydroxyl groups is 2. The van der Waals surface area contributed by atoms with Crippen LogP contribution in [0.15, 0.2) is 53.3 Å². The Bertz CT molecular complexity index is 1130. The topological polar surface area (TPSA) is 123 Å². The molecule has 9 heteroatoms. The van der Waals surface area contributed by atoms with Crippen molar-refractivity contribution in [2.24, 2.45) is 7.05 Å². The minimum absolute atomic E-state index is 0.0740. The van der Waals surface area contributed by atoms with Gasteiger partial charge in [-0.05, 0) is 31.2 Å². The predicted molar refractivity (Wildman–Crippen MR) is 104 cm³/mol. The number of nitrogens with zero attached hydrogens (tertiary/aromatic N) is 2. The van der Waals surface area contributed by atoms with E-state index >= 15 is 0 Å². The molecule has 0 saturated heterocycles. The normalized spacial score (nSPS) is 10.6. The van der Waals surface area contributed by atoms with Gasteiger partial charge < -0.3 is 20.3 Å². The molecule has 0 fully saturated rings. The summed E-state index contributed by atoms with van der Waals surface area (Å²) in [6.07, 6.45) is 0. The van der Waals surface area contributed by atoms with E-state index in [0.29, 0.717) is 11.4 Å². The number of aromatic nitrogens is 2. The smallest absolute Gasteiger partial charge is 0.342 e. The maximum Gasteiger partial charge on any atom is 0.342 e. The van der Waals surface area contributed by atoms with Gasteiger partial charge in [-0.3, -0.25) is 14.3 Å². The molecule has 0 spiro atoms. The largest absolute Gasteiger partial charge is 0.508 e. The summed E-state index contributed by atoms with van der Waals surface area (Å²) in [6, 6.07) is 12.3. The first kappa shape index (κ1) is 19.7. The van der Waals surface area contributed by atoms with Crippen molar-refractivity contribution < 1.29 is 24.5 Å². The number of anilines is 1. The van der Waals surface area contributed by atoms with E-state index in [1.165, 1.54) is 16.8 Å². The number of carbonyl (C=O) groups excluding carboxylic acids is 2. The Morgan fingerprint density at radius 3 is 2.45 bits per heavy atom. The monoisotopic (exact) mass is 397 g/mol. The number of rotatable bonds is 5. The number of hydrogen-bond acceptors (Lipinski definition) is 6. The lowest BCUT2D eigenvalue weighted by atomic mass is 10.2. The van der Waals surface area contributed by atoms with Crippen LogP contribution in [0, 0.1) is 6.92 Å². The number of esters is 1. The summed E-state index contributed by atoms with van der Waals surface area (Å²) in [5.74, 6) is -2.34. The Kier molecular flexibility index (Phi) is 5.40. The van der Waals surface area contributed by atoms with Gasteiger partial charge in [-0.25, -0.2) is 9.48 Å². The van der Waals surface area contributed by atoms with Gasteiger partial charge in [0, 0.05) is 13.1 Å². The fourth-order valence-electron chi connectivity index (χ4n) is 2.79. The van der Waals surface area contributed by atoms with Crippen LogP contribution in [0.2, 0.25) is 0 Å². The van der Waals surface area contributed by atoms with E-state index in [1.807, 2.05) is 6.07 Å². The van der Waals surface area contributed by atoms with Crippen molar-refractivity contribution in [3.63, 3.8) is 0 Å². The molecule has 3 N–H and O–H groups in total. The summed E-state index contributed by atoms with van der Waals surface area (Å²) in [5.41, 5.74) is 0.613. The molecule has 3 rings (SSSR count). The zero-order valence-corrected chi connectivity index (χ0v) is 15.7. The first-order valence-electron chi connectivity index (χ1n) is 8.62. The molecule has 0 unspecified atom stereocenters. The number of hydrogen-bond donors (Lipinski definition) is 3. The third-order valence-electron chi connectivity index (χ3n) is 4.35. The van der Waals surface area contributed by atoms with Crippen LogP contribution in [0.25, 0.3) is 5.69 Å². The van der Waals surface area contributed by atoms with E-state index in [9.17, 15) is 24.6 Å². The zero-order chi connectivity index (χ0) is 21.1. The Morgan fingerprint density at radius 1 is 1.10 bits per heavy atom. The van der Waals surface area contributed by atoms with Gasteiger partial charge in [0.1, 0.15) is 22.7 Å². The van der Waals surface area contributed by atoms with Gasteiger partial charge in [0.25, 0.3) is 11.5 Å². The Balaban J connectivity index is 1.73. The van der Waals surface area contributed by atoms with Crippen molar-refractivity contribution in [2.45, 2.75) is 6.92 Å². The van der Waals surface area contributed by atoms with E-state index < -0.39 is 29.8 Å². The molecule has 0 radical (unpaired) electrons. The van der Waals surface area contributed by atoms with Crippen LogP contribution >= 0.6 is 0 Å². The van der Waals surface area contributed by atoms with Crippen molar-refractivity contribution in [1.29, 1.82) is 0 Å². The van der Waals surface area contributed by atoms with Gasteiger partial charge in [-0.15, -0.1) is 0 Å². The molecular weight excluding hydrogens is 378 g/mol. The van der Waals surface area contributed by atoms with E-state index in [2.05, 4.69) is 5.32 Å². The summed E-state index contributed by atoms with van der Waals surface area (Å²) in [4.78, 5) is 36.9. The van der Waals surface area contributed by atoms with E-state index in [4.69, 9.17) is 4.74 Å². The fraction of sp³-hybridized carbons (Fsp3) is 0.150. The molecular formula is C20H19N3O6. The average molecular weight is 397 g/mol. The van der Waals surface area contributed by atoms with E-state index in [0.717, 1.165) is 6.07 Å². The van der Waals surface area contributed by atoms with Gasteiger partial charge in [0.2, 0.25) is 0 Å². The van der Waals surface area contributed by atoms with Crippen LogP contribution in [-0.4, -0.2) is 38.1 Å². The maximum absolute atomic E-state index is 12.7. The molecule has 0 bridgehead atoms. The highest BCUT2D eigenvalue weighted by molar-refractivity contribution is 5.97. The van der Waals surface area contributed by atoms with Crippen LogP contribution in [0.5, 0.6) is 11.5 Å². The van der Waals surface area contributed by atoms with Crippen molar-refractivity contribution in [3.8, 4) is 17.2 Å². The second kappa shape index (κ2) is 7.93. The van der Waals surface area contributed by atoms with Gasteiger partial charge in [0.05, 0.1) is 11.4 Å². The first-order valence-corrected chi connectivity index (χ1v) is 8.62. The highest BCUT2D eigenvalue weighted by atomic mass is 16.5. The van der Waals surface area contributed by atoms with Gasteiger partial charge in [-0.2, -0.15) is 0 Å². The number of amides is 1. The van der Waals surface area contributed by atoms with Crippen LogP contribution in [0.4, 0.5) is 5.69 Å². The first-order chi connectivity index (χ1) is 13.8. The third kappa shape index (κ3) is 3.98. The Labute approximate surface area is 165 Å². The van der Waals surface area contributed by atoms with Crippen LogP contribution in [0.3, 0.4) is 0 Å². The number of para-hydroxylation sites is 1. The molecule has 29 heavy (non-hydrogen) atoms. The number of benzene rings is 2. The molecule has 1 heterocycles. The van der Waals surface area contributed by atoms with Crippen molar-refractivity contribution in [2.75, 3.05) is 11.9 Å². The second-order valence-corrected chi connectivity index (χ2v) is 6.26. The van der Waals surface area contributed by atoms with Gasteiger partial charge in [-0.1, -0.05) is 18.2 Å². The molecule has 1 amide bonds. The molecule has 150 valence electrons. The van der Waals surface area contributed by atoms with Crippen LogP contribution in [-0.2, 0) is 16.6 Å². The quantitative estimate of drug-likeness (QED) is 0.563. The summed E-state index contributed by atoms with van der Waals surface area (Å²) in [6.45, 7) is 1.02. The summed E-state index contributed by atoms with van der Waals surface area (Å²) in [7, 11) is 1.69. The molecule has 9 nitrogen and oxygen atoms in total. The van der Waals surface area contributed by atoms with Crippen LogP contribution < -0.4 is 10.9 Å². The Morgan fingerprint density at radius 2 is 1.79 bits per heavy atom. The molecule has 0 saturated carbocycles. The van der Waals surface area contributed by atoms with Crippen molar-refractivity contribution in [3.05, 3.63) is 70.1 Å². The Hall–Kier alpha value is -4.01. The number of nitrogens with one attached hydrogen (secondary N) is 1. The standard InChI is InChI=1S/C20H19N3O6/c1-12-18(19(27)23(22(12)2)13-6-4-3-5-7-13)21-17(26)11-29-20(28)15-9-8-14(24)10-16(15)25/h3-10,24-25H,11H2,1-2H3,(H,21,26). The molecule has 0 aliphatic carbocycles. The molecule has 3 aromatic rings. The van der Waals surface area contributed by atoms with E-state index in [1.54, 1.807) is 42.9 Å². The average Bonchev–Trinajstić information content (AvgIpc) is 2.90. The number of phenols is 2. The van der Waals surface area contributed by atoms with E-state index in [-0.39, 0.29) is 17.0 Å². The number of ether oxygens (including phenoxy) is 1. The van der Waals surface area contributed by atoms with Gasteiger partial charge >= 0.3 is 5.97 Å².